The molecule has 1 aromatic heterocycles. The molecule has 0 aromatic carbocycles. The average Bonchev–Trinajstić information content (AvgIpc) is 2.07. The van der Waals surface area contributed by atoms with E-state index in [0.29, 0.717) is 12.2 Å². The third-order valence-corrected chi connectivity index (χ3v) is 1.43. The van der Waals surface area contributed by atoms with Crippen molar-refractivity contribution in [3.8, 4) is 0 Å². The maximum Gasteiger partial charge on any atom is 0.274 e. The smallest absolute Gasteiger partial charge is 0.274 e. The van der Waals surface area contributed by atoms with Crippen LogP contribution in [0.4, 0.5) is 5.69 Å². The molecule has 1 heterocycles. The minimum absolute atomic E-state index is 0.152. The second kappa shape index (κ2) is 3.71. The van der Waals surface area contributed by atoms with Crippen LogP contribution >= 0.6 is 0 Å². The first-order chi connectivity index (χ1) is 5.74. The number of hydrogen-bond acceptors (Lipinski definition) is 3. The van der Waals surface area contributed by atoms with E-state index in [-0.39, 0.29) is 11.2 Å². The van der Waals surface area contributed by atoms with Crippen LogP contribution in [0.15, 0.2) is 23.1 Å². The van der Waals surface area contributed by atoms with E-state index in [1.165, 1.54) is 6.20 Å². The highest BCUT2D eigenvalue weighted by atomic mass is 16.1. The Morgan fingerprint density at radius 3 is 3.08 bits per heavy atom. The van der Waals surface area contributed by atoms with Crippen molar-refractivity contribution in [3.05, 3.63) is 34.5 Å². The van der Waals surface area contributed by atoms with Crippen molar-refractivity contribution in [2.75, 3.05) is 5.73 Å². The van der Waals surface area contributed by atoms with E-state index in [1.807, 2.05) is 19.1 Å². The number of hydrogen-bond donors (Lipinski definition) is 2. The Hall–Kier alpha value is -1.58. The number of H-pyrrole nitrogens is 1. The third kappa shape index (κ3) is 1.95. The zero-order chi connectivity index (χ0) is 8.97. The van der Waals surface area contributed by atoms with Crippen molar-refractivity contribution >= 4 is 5.69 Å². The molecule has 0 saturated heterocycles. The van der Waals surface area contributed by atoms with Crippen molar-refractivity contribution in [2.45, 2.75) is 13.3 Å². The van der Waals surface area contributed by atoms with E-state index < -0.39 is 0 Å². The molecule has 12 heavy (non-hydrogen) atoms. The van der Waals surface area contributed by atoms with Crippen molar-refractivity contribution in [3.63, 3.8) is 0 Å². The highest BCUT2D eigenvalue weighted by Crippen LogP contribution is 1.91. The maximum atomic E-state index is 11.0. The highest BCUT2D eigenvalue weighted by Gasteiger charge is 1.95. The number of rotatable bonds is 2. The minimum Gasteiger partial charge on any atom is -0.393 e. The predicted octanol–water partition coefficient (Wildman–Crippen LogP) is 0.471. The third-order valence-electron chi connectivity index (χ3n) is 1.43. The summed E-state index contributed by atoms with van der Waals surface area (Å²) in [5, 5.41) is 0. The summed E-state index contributed by atoms with van der Waals surface area (Å²) in [6, 6.07) is 0. The lowest BCUT2D eigenvalue weighted by molar-refractivity contribution is 0.967. The average molecular weight is 165 g/mol. The van der Waals surface area contributed by atoms with Gasteiger partial charge in [0.1, 0.15) is 11.5 Å². The van der Waals surface area contributed by atoms with Gasteiger partial charge < -0.3 is 10.7 Å². The molecule has 0 atom stereocenters. The molecule has 0 saturated carbocycles. The highest BCUT2D eigenvalue weighted by molar-refractivity contribution is 5.30. The first kappa shape index (κ1) is 8.52. The van der Waals surface area contributed by atoms with Crippen LogP contribution in [0.1, 0.15) is 12.7 Å². The summed E-state index contributed by atoms with van der Waals surface area (Å²) in [6.45, 7) is 1.91. The molecule has 1 aromatic rings. The van der Waals surface area contributed by atoms with Gasteiger partial charge in [-0.05, 0) is 6.92 Å². The van der Waals surface area contributed by atoms with Crippen LogP contribution in [-0.4, -0.2) is 9.97 Å². The second-order valence-corrected chi connectivity index (χ2v) is 2.39. The van der Waals surface area contributed by atoms with Crippen LogP contribution < -0.4 is 11.3 Å². The van der Waals surface area contributed by atoms with Gasteiger partial charge in [0.05, 0.1) is 6.20 Å². The molecule has 4 heteroatoms. The molecule has 0 aliphatic carbocycles. The lowest BCUT2D eigenvalue weighted by atomic mass is 10.3. The van der Waals surface area contributed by atoms with Gasteiger partial charge in [-0.25, -0.2) is 4.98 Å². The Bertz CT molecular complexity index is 340. The Balaban J connectivity index is 2.90. The van der Waals surface area contributed by atoms with Crippen LogP contribution in [0, 0.1) is 0 Å². The van der Waals surface area contributed by atoms with Crippen molar-refractivity contribution in [1.82, 2.24) is 9.97 Å². The molecule has 0 unspecified atom stereocenters. The normalized spacial score (nSPS) is 10.8. The number of anilines is 1. The zero-order valence-corrected chi connectivity index (χ0v) is 6.87. The van der Waals surface area contributed by atoms with Crippen LogP contribution in [0.2, 0.25) is 0 Å². The van der Waals surface area contributed by atoms with Gasteiger partial charge >= 0.3 is 0 Å². The van der Waals surface area contributed by atoms with Crippen LogP contribution in [0.25, 0.3) is 0 Å². The van der Waals surface area contributed by atoms with E-state index in [9.17, 15) is 4.79 Å². The van der Waals surface area contributed by atoms with Crippen molar-refractivity contribution < 1.29 is 0 Å². The van der Waals surface area contributed by atoms with Crippen LogP contribution in [0.3, 0.4) is 0 Å². The summed E-state index contributed by atoms with van der Waals surface area (Å²) in [5.74, 6) is 0.632. The summed E-state index contributed by atoms with van der Waals surface area (Å²) in [7, 11) is 0. The van der Waals surface area contributed by atoms with Crippen molar-refractivity contribution in [2.24, 2.45) is 0 Å². The lowest BCUT2D eigenvalue weighted by Crippen LogP contribution is -2.14. The molecule has 0 radical (unpaired) electrons. The maximum absolute atomic E-state index is 11.0. The van der Waals surface area contributed by atoms with Gasteiger partial charge in [0.15, 0.2) is 0 Å². The topological polar surface area (TPSA) is 71.8 Å². The number of allylic oxidation sites excluding steroid dienone is 2. The fourth-order valence-electron chi connectivity index (χ4n) is 0.775. The van der Waals surface area contributed by atoms with E-state index in [4.69, 9.17) is 5.73 Å². The number of aromatic nitrogens is 2. The molecule has 0 amide bonds. The quantitative estimate of drug-likeness (QED) is 0.626. The lowest BCUT2D eigenvalue weighted by Gasteiger charge is -1.95. The molecule has 0 fully saturated rings. The minimum atomic E-state index is -0.274. The van der Waals surface area contributed by atoms with E-state index in [1.54, 1.807) is 0 Å². The van der Waals surface area contributed by atoms with Crippen molar-refractivity contribution in [1.29, 1.82) is 0 Å². The Kier molecular flexibility index (Phi) is 2.63. The van der Waals surface area contributed by atoms with Gasteiger partial charge in [-0.2, -0.15) is 0 Å². The Morgan fingerprint density at radius 2 is 2.50 bits per heavy atom. The second-order valence-electron chi connectivity index (χ2n) is 2.39. The fourth-order valence-corrected chi connectivity index (χ4v) is 0.775. The van der Waals surface area contributed by atoms with E-state index in [0.717, 1.165) is 0 Å². The fraction of sp³-hybridized carbons (Fsp3) is 0.250. The monoisotopic (exact) mass is 165 g/mol. The molecule has 4 nitrogen and oxygen atoms in total. The Morgan fingerprint density at radius 1 is 1.75 bits per heavy atom. The summed E-state index contributed by atoms with van der Waals surface area (Å²) in [5.41, 5.74) is 5.17. The molecule has 0 spiro atoms. The summed E-state index contributed by atoms with van der Waals surface area (Å²) in [4.78, 5) is 17.5. The number of nitrogens with zero attached hydrogens (tertiary/aromatic N) is 1. The van der Waals surface area contributed by atoms with Crippen LogP contribution in [0.5, 0.6) is 0 Å². The molecule has 0 bridgehead atoms. The van der Waals surface area contributed by atoms with E-state index >= 15 is 0 Å². The van der Waals surface area contributed by atoms with E-state index in [2.05, 4.69) is 9.97 Å². The SMILES string of the molecule is CC=CCc1ncc(N)c(=O)[nH]1. The molecule has 64 valence electrons. The first-order valence-corrected chi connectivity index (χ1v) is 3.69. The molecule has 1 rings (SSSR count). The first-order valence-electron chi connectivity index (χ1n) is 3.69. The van der Waals surface area contributed by atoms with Crippen LogP contribution in [-0.2, 0) is 6.42 Å². The predicted molar refractivity (Wildman–Crippen MR) is 47.8 cm³/mol. The molecular formula is C8H11N3O. The number of nitrogens with one attached hydrogen (secondary N) is 1. The largest absolute Gasteiger partial charge is 0.393 e. The number of nitrogens with two attached hydrogens (primary N) is 1. The molecular weight excluding hydrogens is 154 g/mol. The van der Waals surface area contributed by atoms with Gasteiger partial charge in [0.25, 0.3) is 5.56 Å². The molecule has 0 aliphatic heterocycles. The number of nitrogen functional groups attached to an aromatic ring is 1. The summed E-state index contributed by atoms with van der Waals surface area (Å²) in [6.07, 6.45) is 5.81. The van der Waals surface area contributed by atoms with Gasteiger partial charge in [-0.15, -0.1) is 0 Å². The van der Waals surface area contributed by atoms with Gasteiger partial charge in [-0.1, -0.05) is 12.2 Å². The molecule has 0 aliphatic rings. The number of aromatic amines is 1. The van der Waals surface area contributed by atoms with Gasteiger partial charge in [0, 0.05) is 6.42 Å². The summed E-state index contributed by atoms with van der Waals surface area (Å²) < 4.78 is 0. The zero-order valence-electron chi connectivity index (χ0n) is 6.87. The Labute approximate surface area is 70.1 Å². The summed E-state index contributed by atoms with van der Waals surface area (Å²) >= 11 is 0. The standard InChI is InChI=1S/C8H11N3O/c1-2-3-4-7-10-5-6(9)8(12)11-7/h2-3,5H,4,9H2,1H3,(H,10,11,12). The molecule has 3 N–H and O–H groups in total. The van der Waals surface area contributed by atoms with Gasteiger partial charge in [-0.3, -0.25) is 4.79 Å². The van der Waals surface area contributed by atoms with Gasteiger partial charge in [0.2, 0.25) is 0 Å².